The fourth-order valence-corrected chi connectivity index (χ4v) is 4.37. The quantitative estimate of drug-likeness (QED) is 0.412. The lowest BCUT2D eigenvalue weighted by molar-refractivity contribution is 0.0953. The largest absolute Gasteiger partial charge is 0.380 e. The molecule has 0 saturated carbocycles. The number of ether oxygens (including phenoxy) is 1. The van der Waals surface area contributed by atoms with Gasteiger partial charge in [-0.25, -0.2) is 4.98 Å². The van der Waals surface area contributed by atoms with Crippen LogP contribution in [0.25, 0.3) is 0 Å². The summed E-state index contributed by atoms with van der Waals surface area (Å²) >= 11 is 7.22. The Morgan fingerprint density at radius 2 is 2.23 bits per heavy atom. The monoisotopic (exact) mass is 468 g/mol. The Bertz CT molecular complexity index is 911. The molecule has 7 nitrogen and oxygen atoms in total. The molecule has 2 heterocycles. The highest BCUT2D eigenvalue weighted by atomic mass is 35.5. The number of amides is 2. The van der Waals surface area contributed by atoms with Gasteiger partial charge >= 0.3 is 0 Å². The topological polar surface area (TPSA) is 83.6 Å². The maximum atomic E-state index is 12.8. The molecular weight excluding hydrogens is 443 g/mol. The van der Waals surface area contributed by atoms with E-state index in [4.69, 9.17) is 16.3 Å². The Hall–Kier alpha value is -2.23. The molecule has 1 aliphatic heterocycles. The van der Waals surface area contributed by atoms with Gasteiger partial charge in [0.1, 0.15) is 5.69 Å². The zero-order valence-electron chi connectivity index (χ0n) is 17.3. The molecule has 0 unspecified atom stereocenters. The molecule has 2 N–H and O–H groups in total. The van der Waals surface area contributed by atoms with Gasteiger partial charge in [-0.2, -0.15) is 0 Å². The molecule has 2 aromatic rings. The normalized spacial score (nSPS) is 15.8. The van der Waals surface area contributed by atoms with Crippen LogP contribution in [0.3, 0.4) is 0 Å². The summed E-state index contributed by atoms with van der Waals surface area (Å²) in [6, 6.07) is 5.20. The van der Waals surface area contributed by atoms with Gasteiger partial charge in [0.15, 0.2) is 5.13 Å². The number of aromatic nitrogens is 1. The van der Waals surface area contributed by atoms with Gasteiger partial charge in [-0.1, -0.05) is 6.07 Å². The van der Waals surface area contributed by atoms with Crippen molar-refractivity contribution in [1.29, 1.82) is 0 Å². The number of nitrogens with one attached hydrogen (secondary N) is 2. The van der Waals surface area contributed by atoms with Crippen LogP contribution in [0.1, 0.15) is 39.3 Å². The predicted molar refractivity (Wildman–Crippen MR) is 121 cm³/mol. The van der Waals surface area contributed by atoms with Crippen LogP contribution < -0.4 is 15.5 Å². The summed E-state index contributed by atoms with van der Waals surface area (Å²) in [5.74, 6) is -0.355. The van der Waals surface area contributed by atoms with Crippen LogP contribution in [0.2, 0.25) is 0 Å². The van der Waals surface area contributed by atoms with Gasteiger partial charge in [-0.05, 0) is 37.0 Å². The molecule has 10 heteroatoms. The first-order valence-electron chi connectivity index (χ1n) is 10.1. The maximum Gasteiger partial charge on any atom is 0.275 e. The summed E-state index contributed by atoms with van der Waals surface area (Å²) in [4.78, 5) is 32.0. The summed E-state index contributed by atoms with van der Waals surface area (Å²) in [7, 11) is 1.69. The Balaban J connectivity index is 1.73. The van der Waals surface area contributed by atoms with E-state index < -0.39 is 12.6 Å². The first-order chi connectivity index (χ1) is 15.0. The Kier molecular flexibility index (Phi) is 8.62. The van der Waals surface area contributed by atoms with Crippen molar-refractivity contribution >= 4 is 45.6 Å². The second-order valence-electron chi connectivity index (χ2n) is 7.18. The van der Waals surface area contributed by atoms with Crippen LogP contribution in [-0.4, -0.2) is 62.2 Å². The van der Waals surface area contributed by atoms with Gasteiger partial charge < -0.3 is 20.3 Å². The summed E-state index contributed by atoms with van der Waals surface area (Å²) in [5.41, 5.74) is 1.85. The molecule has 0 aliphatic carbocycles. The van der Waals surface area contributed by atoms with Crippen molar-refractivity contribution in [1.82, 2.24) is 10.3 Å². The van der Waals surface area contributed by atoms with Crippen molar-refractivity contribution in [3.05, 3.63) is 40.4 Å². The smallest absolute Gasteiger partial charge is 0.275 e. The first kappa shape index (κ1) is 23.4. The first-order valence-corrected chi connectivity index (χ1v) is 11.5. The summed E-state index contributed by atoms with van der Waals surface area (Å²) in [6.45, 7) is 1.29. The van der Waals surface area contributed by atoms with E-state index in [0.29, 0.717) is 23.6 Å². The number of anilines is 2. The number of alkyl halides is 2. The lowest BCUT2D eigenvalue weighted by Gasteiger charge is -2.14. The maximum absolute atomic E-state index is 12.8. The third-order valence-electron chi connectivity index (χ3n) is 5.03. The van der Waals surface area contributed by atoms with Gasteiger partial charge in [0, 0.05) is 38.0 Å². The highest BCUT2D eigenvalue weighted by Gasteiger charge is 2.25. The molecule has 1 aliphatic rings. The molecule has 0 radical (unpaired) electrons. The van der Waals surface area contributed by atoms with E-state index in [2.05, 4.69) is 20.5 Å². The van der Waals surface area contributed by atoms with Gasteiger partial charge in [0.05, 0.1) is 24.0 Å². The van der Waals surface area contributed by atoms with Crippen LogP contribution in [0.15, 0.2) is 23.6 Å². The van der Waals surface area contributed by atoms with Crippen molar-refractivity contribution in [3.8, 4) is 0 Å². The van der Waals surface area contributed by atoms with Gasteiger partial charge in [-0.15, -0.1) is 22.9 Å². The van der Waals surface area contributed by atoms with Crippen molar-refractivity contribution in [2.75, 3.05) is 49.5 Å². The zero-order valence-corrected chi connectivity index (χ0v) is 18.9. The number of benzene rings is 1. The third-order valence-corrected chi connectivity index (χ3v) is 6.12. The number of nitrogens with zero attached hydrogens (tertiary/aromatic N) is 2. The minimum absolute atomic E-state index is 0.172. The minimum atomic E-state index is -0.509. The number of methoxy groups -OCH3 is 1. The average Bonchev–Trinajstić information content (AvgIpc) is 3.44. The summed E-state index contributed by atoms with van der Waals surface area (Å²) < 4.78 is 17.7. The van der Waals surface area contributed by atoms with Crippen LogP contribution in [-0.2, 0) is 11.2 Å². The number of rotatable bonds is 10. The van der Waals surface area contributed by atoms with Crippen LogP contribution in [0.4, 0.5) is 15.2 Å². The predicted octanol–water partition coefficient (Wildman–Crippen LogP) is 3.49. The van der Waals surface area contributed by atoms with Crippen molar-refractivity contribution in [2.45, 2.75) is 25.4 Å². The van der Waals surface area contributed by atoms with Gasteiger partial charge in [0.25, 0.3) is 11.8 Å². The number of thiazole rings is 1. The second kappa shape index (κ2) is 11.4. The highest BCUT2D eigenvalue weighted by molar-refractivity contribution is 7.14. The van der Waals surface area contributed by atoms with Crippen LogP contribution in [0.5, 0.6) is 0 Å². The lowest BCUT2D eigenvalue weighted by atomic mass is 10.1. The summed E-state index contributed by atoms with van der Waals surface area (Å²) in [5, 5.41) is 7.94. The van der Waals surface area contributed by atoms with E-state index in [-0.39, 0.29) is 30.7 Å². The molecule has 31 heavy (non-hydrogen) atoms. The van der Waals surface area contributed by atoms with E-state index in [1.165, 1.54) is 11.3 Å². The number of hydrogen-bond donors (Lipinski definition) is 2. The number of hydrogen-bond acceptors (Lipinski definition) is 6. The average molecular weight is 469 g/mol. The van der Waals surface area contributed by atoms with E-state index >= 15 is 0 Å². The molecule has 1 saturated heterocycles. The molecule has 1 aromatic heterocycles. The molecule has 0 spiro atoms. The summed E-state index contributed by atoms with van der Waals surface area (Å²) in [6.07, 6.45) is 1.92. The Labute approximate surface area is 189 Å². The molecule has 0 bridgehead atoms. The van der Waals surface area contributed by atoms with Crippen molar-refractivity contribution < 1.29 is 18.7 Å². The lowest BCUT2D eigenvalue weighted by Crippen LogP contribution is -2.27. The fraction of sp³-hybridized carbons (Fsp3) is 0.476. The zero-order chi connectivity index (χ0) is 22.2. The SMILES string of the molecule is CO[C@H]1CCN(c2nc(C(=O)Nc3ccc(CCCl)cc3C(=O)NCCCF)cs2)C1. The van der Waals surface area contributed by atoms with Gasteiger partial charge in [-0.3, -0.25) is 14.0 Å². The molecule has 1 aromatic carbocycles. The van der Waals surface area contributed by atoms with Crippen molar-refractivity contribution in [2.24, 2.45) is 0 Å². The number of halogens is 2. The van der Waals surface area contributed by atoms with E-state index in [1.807, 2.05) is 6.07 Å². The molecular formula is C21H26ClFN4O3S. The number of aryl methyl sites for hydroxylation is 1. The standard InChI is InChI=1S/C21H26ClFN4O3S/c1-30-15-6-10-27(12-15)21-26-18(13-31-21)20(29)25-17-4-3-14(5-7-22)11-16(17)19(28)24-9-2-8-23/h3-4,11,13,15H,2,5-10,12H2,1H3,(H,24,28)(H,25,29)/t15-/m0/s1. The fourth-order valence-electron chi connectivity index (χ4n) is 3.31. The van der Waals surface area contributed by atoms with E-state index in [9.17, 15) is 14.0 Å². The Morgan fingerprint density at radius 1 is 1.39 bits per heavy atom. The molecule has 2 amide bonds. The number of carbonyl (C=O) groups is 2. The highest BCUT2D eigenvalue weighted by Crippen LogP contribution is 2.26. The van der Waals surface area contributed by atoms with Crippen LogP contribution in [0, 0.1) is 0 Å². The molecule has 1 atom stereocenters. The van der Waals surface area contributed by atoms with Crippen molar-refractivity contribution in [3.63, 3.8) is 0 Å². The molecule has 168 valence electrons. The Morgan fingerprint density at radius 3 is 2.94 bits per heavy atom. The van der Waals surface area contributed by atoms with E-state index in [0.717, 1.165) is 30.2 Å². The second-order valence-corrected chi connectivity index (χ2v) is 8.39. The molecule has 3 rings (SSSR count). The van der Waals surface area contributed by atoms with Gasteiger partial charge in [0.2, 0.25) is 0 Å². The third kappa shape index (κ3) is 6.15. The molecule has 1 fully saturated rings. The van der Waals surface area contributed by atoms with E-state index in [1.54, 1.807) is 24.6 Å². The number of carbonyl (C=O) groups excluding carboxylic acids is 2. The minimum Gasteiger partial charge on any atom is -0.380 e. The van der Waals surface area contributed by atoms with Crippen LogP contribution >= 0.6 is 22.9 Å².